The second-order valence-electron chi connectivity index (χ2n) is 2.86. The van der Waals surface area contributed by atoms with Crippen LogP contribution in [0.25, 0.3) is 0 Å². The minimum Gasteiger partial charge on any atom is -1.00 e. The van der Waals surface area contributed by atoms with E-state index in [0.717, 1.165) is 6.42 Å². The number of aryl methyl sites for hydroxylation is 1. The molecule has 0 saturated carbocycles. The Morgan fingerprint density at radius 2 is 2.18 bits per heavy atom. The first-order chi connectivity index (χ1) is 4.74. The fourth-order valence-corrected chi connectivity index (χ4v) is 0.913. The van der Waals surface area contributed by atoms with Gasteiger partial charge in [0.25, 0.3) is 5.82 Å². The highest BCUT2D eigenvalue weighted by molar-refractivity contribution is 4.99. The summed E-state index contributed by atoms with van der Waals surface area (Å²) < 4.78 is 0. The molecule has 11 heavy (non-hydrogen) atoms. The molecule has 0 saturated heterocycles. The van der Waals surface area contributed by atoms with Crippen LogP contribution in [0.3, 0.4) is 0 Å². The summed E-state index contributed by atoms with van der Waals surface area (Å²) in [5.74, 6) is 1.81. The van der Waals surface area contributed by atoms with Gasteiger partial charge in [-0.1, -0.05) is 20.8 Å². The molecule has 1 aromatic heterocycles. The van der Waals surface area contributed by atoms with Crippen LogP contribution in [0.15, 0.2) is 6.20 Å². The molecule has 0 bridgehead atoms. The molecular formula is C8H15BrN2. The van der Waals surface area contributed by atoms with Gasteiger partial charge in [-0.15, -0.1) is 0 Å². The number of aromatic amines is 2. The molecule has 0 aliphatic heterocycles. The lowest BCUT2D eigenvalue weighted by atomic mass is 10.2. The fraction of sp³-hybridized carbons (Fsp3) is 0.625. The molecule has 1 rings (SSSR count). The van der Waals surface area contributed by atoms with Gasteiger partial charge in [-0.3, -0.25) is 0 Å². The maximum atomic E-state index is 3.31. The van der Waals surface area contributed by atoms with E-state index in [1.165, 1.54) is 11.5 Å². The molecule has 0 radical (unpaired) electrons. The largest absolute Gasteiger partial charge is 1.00 e. The van der Waals surface area contributed by atoms with Crippen molar-refractivity contribution in [2.75, 3.05) is 0 Å². The molecule has 0 aliphatic carbocycles. The van der Waals surface area contributed by atoms with Gasteiger partial charge in [0.05, 0.1) is 0 Å². The van der Waals surface area contributed by atoms with E-state index in [0.29, 0.717) is 5.92 Å². The third-order valence-electron chi connectivity index (χ3n) is 1.67. The van der Waals surface area contributed by atoms with E-state index in [2.05, 4.69) is 30.7 Å². The van der Waals surface area contributed by atoms with E-state index in [1.54, 1.807) is 0 Å². The average Bonchev–Trinajstić information content (AvgIpc) is 2.34. The topological polar surface area (TPSA) is 29.9 Å². The quantitative estimate of drug-likeness (QED) is 0.628. The summed E-state index contributed by atoms with van der Waals surface area (Å²) >= 11 is 0. The lowest BCUT2D eigenvalue weighted by molar-refractivity contribution is -0.388. The Labute approximate surface area is 78.2 Å². The molecule has 0 aliphatic rings. The van der Waals surface area contributed by atoms with E-state index in [-0.39, 0.29) is 17.0 Å². The normalized spacial score (nSPS) is 9.82. The van der Waals surface area contributed by atoms with Gasteiger partial charge in [0, 0.05) is 12.3 Å². The summed E-state index contributed by atoms with van der Waals surface area (Å²) in [7, 11) is 0. The van der Waals surface area contributed by atoms with Crippen molar-refractivity contribution in [3.05, 3.63) is 17.7 Å². The Morgan fingerprint density at radius 3 is 2.45 bits per heavy atom. The summed E-state index contributed by atoms with van der Waals surface area (Å²) in [6, 6.07) is 0. The van der Waals surface area contributed by atoms with Crippen LogP contribution >= 0.6 is 0 Å². The number of rotatable bonds is 2. The molecule has 2 N–H and O–H groups in total. The number of hydrogen-bond acceptors (Lipinski definition) is 0. The second kappa shape index (κ2) is 4.54. The van der Waals surface area contributed by atoms with E-state index >= 15 is 0 Å². The number of hydrogen-bond donors (Lipinski definition) is 1. The van der Waals surface area contributed by atoms with Crippen molar-refractivity contribution in [1.82, 2.24) is 4.98 Å². The smallest absolute Gasteiger partial charge is 0.251 e. The molecular weight excluding hydrogens is 204 g/mol. The number of aromatic nitrogens is 2. The van der Waals surface area contributed by atoms with E-state index in [9.17, 15) is 0 Å². The van der Waals surface area contributed by atoms with Gasteiger partial charge in [0.2, 0.25) is 0 Å². The monoisotopic (exact) mass is 218 g/mol. The summed E-state index contributed by atoms with van der Waals surface area (Å²) in [6.45, 7) is 6.49. The summed E-state index contributed by atoms with van der Waals surface area (Å²) in [4.78, 5) is 6.49. The SMILES string of the molecule is CCc1[nH]c(C(C)C)c[nH+]1.[Br-]. The molecule has 0 amide bonds. The standard InChI is InChI=1S/C8H14N2.BrH/c1-4-8-9-5-7(10-8)6(2)3;/h5-6H,4H2,1-3H3,(H,9,10);1H. The van der Waals surface area contributed by atoms with Crippen molar-refractivity contribution in [3.63, 3.8) is 0 Å². The molecule has 1 heterocycles. The van der Waals surface area contributed by atoms with Crippen LogP contribution in [0.5, 0.6) is 0 Å². The highest BCUT2D eigenvalue weighted by atomic mass is 79.9. The number of nitrogens with one attached hydrogen (secondary N) is 2. The average molecular weight is 219 g/mol. The van der Waals surface area contributed by atoms with E-state index in [4.69, 9.17) is 0 Å². The lowest BCUT2D eigenvalue weighted by Crippen LogP contribution is -3.00. The zero-order valence-corrected chi connectivity index (χ0v) is 8.83. The van der Waals surface area contributed by atoms with Crippen LogP contribution in [0.2, 0.25) is 0 Å². The first-order valence-corrected chi connectivity index (χ1v) is 3.83. The third-order valence-corrected chi connectivity index (χ3v) is 1.67. The minimum absolute atomic E-state index is 0. The summed E-state index contributed by atoms with van der Waals surface area (Å²) in [5.41, 5.74) is 1.29. The zero-order valence-electron chi connectivity index (χ0n) is 7.24. The van der Waals surface area contributed by atoms with E-state index < -0.39 is 0 Å². The van der Waals surface area contributed by atoms with Crippen LogP contribution in [-0.2, 0) is 6.42 Å². The summed E-state index contributed by atoms with van der Waals surface area (Å²) in [6.07, 6.45) is 3.09. The molecule has 0 atom stereocenters. The van der Waals surface area contributed by atoms with Gasteiger partial charge in [-0.25, -0.2) is 9.97 Å². The summed E-state index contributed by atoms with van der Waals surface area (Å²) in [5, 5.41) is 0. The Morgan fingerprint density at radius 1 is 1.55 bits per heavy atom. The van der Waals surface area contributed by atoms with Gasteiger partial charge in [-0.05, 0) is 0 Å². The number of H-pyrrole nitrogens is 2. The van der Waals surface area contributed by atoms with Crippen LogP contribution in [0.1, 0.15) is 38.2 Å². The molecule has 0 aromatic carbocycles. The van der Waals surface area contributed by atoms with Gasteiger partial charge in [-0.2, -0.15) is 0 Å². The Kier molecular flexibility index (Phi) is 4.42. The Balaban J connectivity index is 0.000001000. The van der Waals surface area contributed by atoms with Crippen LogP contribution in [0, 0.1) is 0 Å². The Hall–Kier alpha value is -0.310. The highest BCUT2D eigenvalue weighted by Crippen LogP contribution is 2.08. The van der Waals surface area contributed by atoms with Crippen molar-refractivity contribution < 1.29 is 22.0 Å². The van der Waals surface area contributed by atoms with Crippen LogP contribution in [-0.4, -0.2) is 4.98 Å². The maximum absolute atomic E-state index is 3.31. The molecule has 64 valence electrons. The molecule has 0 spiro atoms. The third kappa shape index (κ3) is 2.66. The Bertz CT molecular complexity index is 206. The van der Waals surface area contributed by atoms with Crippen molar-refractivity contribution in [1.29, 1.82) is 0 Å². The first kappa shape index (κ1) is 10.7. The van der Waals surface area contributed by atoms with Crippen LogP contribution in [0.4, 0.5) is 0 Å². The first-order valence-electron chi connectivity index (χ1n) is 3.83. The van der Waals surface area contributed by atoms with E-state index in [1.807, 2.05) is 6.20 Å². The number of imidazole rings is 1. The molecule has 1 aromatic rings. The number of halogens is 1. The maximum Gasteiger partial charge on any atom is 0.251 e. The minimum atomic E-state index is 0. The predicted octanol–water partition coefficient (Wildman–Crippen LogP) is -1.48. The van der Waals surface area contributed by atoms with Crippen molar-refractivity contribution in [2.45, 2.75) is 33.1 Å². The van der Waals surface area contributed by atoms with Gasteiger partial charge in [0.15, 0.2) is 0 Å². The van der Waals surface area contributed by atoms with Gasteiger partial charge in [0.1, 0.15) is 11.9 Å². The lowest BCUT2D eigenvalue weighted by Gasteiger charge is -1.91. The van der Waals surface area contributed by atoms with Gasteiger partial charge >= 0.3 is 0 Å². The zero-order chi connectivity index (χ0) is 7.56. The van der Waals surface area contributed by atoms with Gasteiger partial charge < -0.3 is 17.0 Å². The molecule has 2 nitrogen and oxygen atoms in total. The van der Waals surface area contributed by atoms with Crippen molar-refractivity contribution in [2.24, 2.45) is 0 Å². The van der Waals surface area contributed by atoms with Crippen LogP contribution < -0.4 is 22.0 Å². The predicted molar refractivity (Wildman–Crippen MR) is 40.8 cm³/mol. The molecule has 0 unspecified atom stereocenters. The molecule has 3 heteroatoms. The second-order valence-corrected chi connectivity index (χ2v) is 2.86. The molecule has 0 fully saturated rings. The fourth-order valence-electron chi connectivity index (χ4n) is 0.913. The van der Waals surface area contributed by atoms with Crippen molar-refractivity contribution >= 4 is 0 Å². The highest BCUT2D eigenvalue weighted by Gasteiger charge is 2.08. The van der Waals surface area contributed by atoms with Crippen molar-refractivity contribution in [3.8, 4) is 0 Å².